The van der Waals surface area contributed by atoms with Gasteiger partial charge in [0.1, 0.15) is 0 Å². The Kier molecular flexibility index (Phi) is 6.73. The lowest BCUT2D eigenvalue weighted by Gasteiger charge is -2.28. The summed E-state index contributed by atoms with van der Waals surface area (Å²) >= 11 is 0. The number of para-hydroxylation sites is 1. The molecular weight excluding hydrogens is 292 g/mol. The van der Waals surface area contributed by atoms with Gasteiger partial charge in [-0.05, 0) is 68.8 Å². The Morgan fingerprint density at radius 1 is 0.708 bits per heavy atom. The fraction of sp³-hybridized carbons (Fsp3) is 0.455. The Bertz CT molecular complexity index is 502. The second-order valence-corrected chi connectivity index (χ2v) is 6.82. The molecule has 2 heterocycles. The summed E-state index contributed by atoms with van der Waals surface area (Å²) < 4.78 is 0. The van der Waals surface area contributed by atoms with Crippen molar-refractivity contribution in [3.8, 4) is 0 Å². The molecule has 2 fully saturated rings. The van der Waals surface area contributed by atoms with Crippen LogP contribution in [-0.4, -0.2) is 26.2 Å². The summed E-state index contributed by atoms with van der Waals surface area (Å²) in [6.45, 7) is 4.84. The smallest absolute Gasteiger partial charge is 0.0366 e. The Morgan fingerprint density at radius 3 is 1.92 bits per heavy atom. The largest absolute Gasteiger partial charge is 0.372 e. The van der Waals surface area contributed by atoms with E-state index in [1.807, 2.05) is 0 Å². The van der Waals surface area contributed by atoms with E-state index >= 15 is 0 Å². The standard InChI is InChI=1S/2C11H15N/c1-3-7-11(8-4-1)12-9-5-2-6-10-12;1-2-4-10(5-3-1)11-6-8-12-9-7-11/h1,3-4,7-8H,2,5-6,9-10H2;1-5,11-12H,6-9H2. The van der Waals surface area contributed by atoms with Crippen molar-refractivity contribution in [1.29, 1.82) is 0 Å². The first-order chi connectivity index (χ1) is 11.9. The Labute approximate surface area is 146 Å². The molecule has 2 nitrogen and oxygen atoms in total. The van der Waals surface area contributed by atoms with Crippen molar-refractivity contribution in [3.05, 3.63) is 66.2 Å². The van der Waals surface area contributed by atoms with Gasteiger partial charge in [-0.25, -0.2) is 0 Å². The van der Waals surface area contributed by atoms with Crippen LogP contribution in [-0.2, 0) is 0 Å². The maximum Gasteiger partial charge on any atom is 0.0366 e. The number of nitrogens with zero attached hydrogens (tertiary/aromatic N) is 1. The van der Waals surface area contributed by atoms with E-state index in [9.17, 15) is 0 Å². The number of hydrogen-bond donors (Lipinski definition) is 1. The number of rotatable bonds is 2. The topological polar surface area (TPSA) is 15.3 Å². The molecule has 24 heavy (non-hydrogen) atoms. The van der Waals surface area contributed by atoms with Gasteiger partial charge in [0.25, 0.3) is 0 Å². The zero-order valence-corrected chi connectivity index (χ0v) is 14.7. The summed E-state index contributed by atoms with van der Waals surface area (Å²) in [4.78, 5) is 2.48. The minimum absolute atomic E-state index is 0.799. The van der Waals surface area contributed by atoms with Gasteiger partial charge in [-0.15, -0.1) is 0 Å². The third-order valence-corrected chi connectivity index (χ3v) is 5.09. The molecule has 0 aliphatic carbocycles. The van der Waals surface area contributed by atoms with Gasteiger partial charge in [-0.1, -0.05) is 48.5 Å². The Balaban J connectivity index is 0.000000141. The van der Waals surface area contributed by atoms with Crippen LogP contribution >= 0.6 is 0 Å². The summed E-state index contributed by atoms with van der Waals surface area (Å²) in [7, 11) is 0. The highest BCUT2D eigenvalue weighted by atomic mass is 15.1. The van der Waals surface area contributed by atoms with Crippen LogP contribution in [0, 0.1) is 0 Å². The van der Waals surface area contributed by atoms with E-state index in [2.05, 4.69) is 70.9 Å². The summed E-state index contributed by atoms with van der Waals surface area (Å²) in [5.74, 6) is 0.799. The number of anilines is 1. The molecule has 0 bridgehead atoms. The fourth-order valence-electron chi connectivity index (χ4n) is 3.67. The molecule has 2 aromatic rings. The van der Waals surface area contributed by atoms with Crippen LogP contribution in [0.15, 0.2) is 60.7 Å². The van der Waals surface area contributed by atoms with Gasteiger partial charge in [0.05, 0.1) is 0 Å². The maximum atomic E-state index is 3.38. The van der Waals surface area contributed by atoms with E-state index in [0.29, 0.717) is 0 Å². The van der Waals surface area contributed by atoms with Crippen LogP contribution in [0.25, 0.3) is 0 Å². The minimum atomic E-state index is 0.799. The number of nitrogens with one attached hydrogen (secondary N) is 1. The van der Waals surface area contributed by atoms with Gasteiger partial charge in [-0.2, -0.15) is 0 Å². The monoisotopic (exact) mass is 322 g/mol. The van der Waals surface area contributed by atoms with Crippen molar-refractivity contribution in [2.75, 3.05) is 31.1 Å². The zero-order chi connectivity index (χ0) is 16.5. The molecule has 0 unspecified atom stereocenters. The van der Waals surface area contributed by atoms with Crippen LogP contribution in [0.1, 0.15) is 43.6 Å². The summed E-state index contributed by atoms with van der Waals surface area (Å²) in [6, 6.07) is 21.6. The highest BCUT2D eigenvalue weighted by Gasteiger charge is 2.13. The van der Waals surface area contributed by atoms with E-state index < -0.39 is 0 Å². The summed E-state index contributed by atoms with van der Waals surface area (Å²) in [6.07, 6.45) is 6.71. The number of hydrogen-bond acceptors (Lipinski definition) is 2. The molecule has 2 heteroatoms. The lowest BCUT2D eigenvalue weighted by atomic mass is 9.90. The van der Waals surface area contributed by atoms with Crippen LogP contribution in [0.3, 0.4) is 0 Å². The molecule has 2 aromatic carbocycles. The molecule has 0 aromatic heterocycles. The molecule has 4 rings (SSSR count). The van der Waals surface area contributed by atoms with E-state index in [1.165, 1.54) is 69.5 Å². The zero-order valence-electron chi connectivity index (χ0n) is 14.7. The third kappa shape index (κ3) is 5.10. The predicted octanol–water partition coefficient (Wildman–Crippen LogP) is 4.83. The lowest BCUT2D eigenvalue weighted by molar-refractivity contribution is 0.460. The second kappa shape index (κ2) is 9.48. The molecule has 2 aliphatic heterocycles. The van der Waals surface area contributed by atoms with Crippen molar-refractivity contribution < 1.29 is 0 Å². The molecule has 2 aliphatic rings. The molecule has 0 saturated carbocycles. The van der Waals surface area contributed by atoms with Crippen LogP contribution in [0.4, 0.5) is 5.69 Å². The normalized spacial score (nSPS) is 18.6. The molecule has 1 N–H and O–H groups in total. The van der Waals surface area contributed by atoms with Crippen LogP contribution in [0.2, 0.25) is 0 Å². The fourth-order valence-corrected chi connectivity index (χ4v) is 3.67. The Hall–Kier alpha value is -1.80. The average Bonchev–Trinajstić information content (AvgIpc) is 2.71. The van der Waals surface area contributed by atoms with Crippen molar-refractivity contribution in [2.45, 2.75) is 38.0 Å². The van der Waals surface area contributed by atoms with E-state index in [4.69, 9.17) is 0 Å². The van der Waals surface area contributed by atoms with E-state index in [0.717, 1.165) is 5.92 Å². The lowest BCUT2D eigenvalue weighted by Crippen LogP contribution is -2.29. The number of benzene rings is 2. The van der Waals surface area contributed by atoms with Gasteiger partial charge in [0, 0.05) is 18.8 Å². The Morgan fingerprint density at radius 2 is 1.29 bits per heavy atom. The van der Waals surface area contributed by atoms with Gasteiger partial charge >= 0.3 is 0 Å². The van der Waals surface area contributed by atoms with Crippen LogP contribution in [0.5, 0.6) is 0 Å². The quantitative estimate of drug-likeness (QED) is 0.852. The molecule has 128 valence electrons. The van der Waals surface area contributed by atoms with Crippen molar-refractivity contribution in [2.24, 2.45) is 0 Å². The molecule has 0 amide bonds. The van der Waals surface area contributed by atoms with E-state index in [1.54, 1.807) is 0 Å². The number of piperidine rings is 2. The molecule has 0 spiro atoms. The predicted molar refractivity (Wildman–Crippen MR) is 104 cm³/mol. The molecule has 2 saturated heterocycles. The highest BCUT2D eigenvalue weighted by molar-refractivity contribution is 5.46. The third-order valence-electron chi connectivity index (χ3n) is 5.09. The van der Waals surface area contributed by atoms with Crippen molar-refractivity contribution in [1.82, 2.24) is 5.32 Å². The van der Waals surface area contributed by atoms with E-state index in [-0.39, 0.29) is 0 Å². The van der Waals surface area contributed by atoms with Gasteiger partial charge in [0.2, 0.25) is 0 Å². The first kappa shape index (κ1) is 17.0. The van der Waals surface area contributed by atoms with Gasteiger partial charge in [0.15, 0.2) is 0 Å². The first-order valence-electron chi connectivity index (χ1n) is 9.49. The maximum absolute atomic E-state index is 3.38. The highest BCUT2D eigenvalue weighted by Crippen LogP contribution is 2.24. The minimum Gasteiger partial charge on any atom is -0.372 e. The SMILES string of the molecule is c1ccc(C2CCNCC2)cc1.c1ccc(N2CCCCC2)cc1. The summed E-state index contributed by atoms with van der Waals surface area (Å²) in [5, 5.41) is 3.38. The van der Waals surface area contributed by atoms with Crippen molar-refractivity contribution in [3.63, 3.8) is 0 Å². The summed E-state index contributed by atoms with van der Waals surface area (Å²) in [5.41, 5.74) is 2.90. The molecule has 0 radical (unpaired) electrons. The van der Waals surface area contributed by atoms with Crippen molar-refractivity contribution >= 4 is 5.69 Å². The van der Waals surface area contributed by atoms with Gasteiger partial charge in [-0.3, -0.25) is 0 Å². The van der Waals surface area contributed by atoms with Crippen LogP contribution < -0.4 is 10.2 Å². The molecule has 0 atom stereocenters. The van der Waals surface area contributed by atoms with Gasteiger partial charge < -0.3 is 10.2 Å². The second-order valence-electron chi connectivity index (χ2n) is 6.82. The first-order valence-corrected chi connectivity index (χ1v) is 9.49. The average molecular weight is 322 g/mol. The molecular formula is C22H30N2.